The summed E-state index contributed by atoms with van der Waals surface area (Å²) in [6.45, 7) is 1.71. The van der Waals surface area contributed by atoms with Gasteiger partial charge in [-0.05, 0) is 30.7 Å². The van der Waals surface area contributed by atoms with Gasteiger partial charge in [-0.2, -0.15) is 13.7 Å². The van der Waals surface area contributed by atoms with Gasteiger partial charge in [0.05, 0.1) is 12.9 Å². The maximum absolute atomic E-state index is 11.3. The molecule has 0 N–H and O–H groups in total. The summed E-state index contributed by atoms with van der Waals surface area (Å²) in [4.78, 5) is 0. The quantitative estimate of drug-likeness (QED) is 0.585. The zero-order chi connectivity index (χ0) is 14.3. The Morgan fingerprint density at radius 2 is 2.00 bits per heavy atom. The minimum atomic E-state index is -3.72. The highest BCUT2D eigenvalue weighted by Crippen LogP contribution is 2.12. The lowest BCUT2D eigenvalue weighted by molar-refractivity contribution is 0.339. The fraction of sp³-hybridized carbons (Fsp3) is 0.333. The van der Waals surface area contributed by atoms with Gasteiger partial charge in [0, 0.05) is 5.56 Å². The van der Waals surface area contributed by atoms with Crippen LogP contribution in [0.15, 0.2) is 29.4 Å². The van der Waals surface area contributed by atoms with Gasteiger partial charge >= 0.3 is 10.1 Å². The minimum absolute atomic E-state index is 0.109. The van der Waals surface area contributed by atoms with Crippen LogP contribution in [-0.2, 0) is 14.4 Å². The van der Waals surface area contributed by atoms with Crippen LogP contribution in [-0.4, -0.2) is 27.0 Å². The lowest BCUT2D eigenvalue weighted by Crippen LogP contribution is -2.08. The van der Waals surface area contributed by atoms with E-state index in [2.05, 4.69) is 9.44 Å². The molecular formula is C12H14N2O4S. The molecule has 0 unspecified atom stereocenters. The molecule has 0 aliphatic carbocycles. The highest BCUT2D eigenvalue weighted by Gasteiger charge is 2.11. The molecule has 0 aromatic heterocycles. The third-order valence-corrected chi connectivity index (χ3v) is 3.38. The van der Waals surface area contributed by atoms with E-state index in [1.165, 1.54) is 7.11 Å². The standard InChI is InChI=1S/C12H14N2O4S/c1-3-8-19(15,16)18-14-12(9-13)10-4-6-11(17-2)7-5-10/h4-7H,3,8H2,1-2H3. The predicted octanol–water partition coefficient (Wildman–Crippen LogP) is 1.68. The van der Waals surface area contributed by atoms with E-state index in [1.54, 1.807) is 37.3 Å². The Kier molecular flexibility index (Phi) is 5.33. The molecule has 0 bridgehead atoms. The fourth-order valence-electron chi connectivity index (χ4n) is 1.27. The van der Waals surface area contributed by atoms with Crippen molar-refractivity contribution in [2.75, 3.05) is 12.9 Å². The van der Waals surface area contributed by atoms with Crippen molar-refractivity contribution < 1.29 is 17.4 Å². The maximum atomic E-state index is 11.3. The van der Waals surface area contributed by atoms with Gasteiger partial charge in [0.1, 0.15) is 11.8 Å². The van der Waals surface area contributed by atoms with Crippen LogP contribution in [0.5, 0.6) is 5.75 Å². The molecule has 0 amide bonds. The molecule has 19 heavy (non-hydrogen) atoms. The summed E-state index contributed by atoms with van der Waals surface area (Å²) in [5.74, 6) is 0.484. The lowest BCUT2D eigenvalue weighted by atomic mass is 10.1. The average Bonchev–Trinajstić information content (AvgIpc) is 2.40. The number of ether oxygens (including phenoxy) is 1. The summed E-state index contributed by atoms with van der Waals surface area (Å²) in [7, 11) is -2.20. The first-order valence-electron chi connectivity index (χ1n) is 5.56. The largest absolute Gasteiger partial charge is 0.497 e. The predicted molar refractivity (Wildman–Crippen MR) is 70.3 cm³/mol. The molecule has 102 valence electrons. The SMILES string of the molecule is CCCS(=O)(=O)ON=C(C#N)c1ccc(OC)cc1. The van der Waals surface area contributed by atoms with Gasteiger partial charge in [-0.1, -0.05) is 12.1 Å². The summed E-state index contributed by atoms with van der Waals surface area (Å²) < 4.78 is 32.1. The van der Waals surface area contributed by atoms with Crippen LogP contribution >= 0.6 is 0 Å². The highest BCUT2D eigenvalue weighted by molar-refractivity contribution is 7.86. The molecule has 1 aromatic carbocycles. The van der Waals surface area contributed by atoms with E-state index in [-0.39, 0.29) is 11.5 Å². The molecule has 0 aliphatic rings. The topological polar surface area (TPSA) is 88.8 Å². The van der Waals surface area contributed by atoms with Gasteiger partial charge in [0.15, 0.2) is 5.71 Å². The van der Waals surface area contributed by atoms with E-state index in [0.29, 0.717) is 17.7 Å². The van der Waals surface area contributed by atoms with E-state index in [1.807, 2.05) is 0 Å². The molecule has 0 saturated carbocycles. The van der Waals surface area contributed by atoms with Gasteiger partial charge in [-0.25, -0.2) is 0 Å². The van der Waals surface area contributed by atoms with E-state index in [4.69, 9.17) is 10.00 Å². The van der Waals surface area contributed by atoms with Crippen LogP contribution in [0, 0.1) is 11.3 Å². The molecule has 0 fully saturated rings. The van der Waals surface area contributed by atoms with Crippen LogP contribution < -0.4 is 4.74 Å². The highest BCUT2D eigenvalue weighted by atomic mass is 32.2. The average molecular weight is 282 g/mol. The van der Waals surface area contributed by atoms with Crippen molar-refractivity contribution in [1.29, 1.82) is 5.26 Å². The Morgan fingerprint density at radius 3 is 2.47 bits per heavy atom. The Bertz CT molecular complexity index is 585. The first kappa shape index (κ1) is 15.0. The summed E-state index contributed by atoms with van der Waals surface area (Å²) in [6, 6.07) is 8.26. The van der Waals surface area contributed by atoms with Crippen LogP contribution in [0.4, 0.5) is 0 Å². The minimum Gasteiger partial charge on any atom is -0.497 e. The number of hydrogen-bond acceptors (Lipinski definition) is 6. The molecule has 0 saturated heterocycles. The summed E-state index contributed by atoms with van der Waals surface area (Å²) in [5, 5.41) is 12.3. The maximum Gasteiger partial charge on any atom is 0.328 e. The molecule has 1 rings (SSSR count). The molecule has 0 heterocycles. The second-order valence-corrected chi connectivity index (χ2v) is 5.29. The van der Waals surface area contributed by atoms with Crippen LogP contribution in [0.1, 0.15) is 18.9 Å². The van der Waals surface area contributed by atoms with Crippen LogP contribution in [0.3, 0.4) is 0 Å². The Hall–Kier alpha value is -2.07. The van der Waals surface area contributed by atoms with E-state index >= 15 is 0 Å². The van der Waals surface area contributed by atoms with Gasteiger partial charge < -0.3 is 4.74 Å². The van der Waals surface area contributed by atoms with Gasteiger partial charge in [-0.15, -0.1) is 0 Å². The molecule has 0 aliphatic heterocycles. The Morgan fingerprint density at radius 1 is 1.37 bits per heavy atom. The van der Waals surface area contributed by atoms with E-state index in [9.17, 15) is 8.42 Å². The number of hydrogen-bond donors (Lipinski definition) is 0. The van der Waals surface area contributed by atoms with E-state index in [0.717, 1.165) is 0 Å². The molecule has 0 radical (unpaired) electrons. The summed E-state index contributed by atoms with van der Waals surface area (Å²) in [5.41, 5.74) is 0.345. The van der Waals surface area contributed by atoms with Crippen molar-refractivity contribution in [3.05, 3.63) is 29.8 Å². The van der Waals surface area contributed by atoms with Crippen molar-refractivity contribution in [2.24, 2.45) is 5.16 Å². The molecular weight excluding hydrogens is 268 g/mol. The van der Waals surface area contributed by atoms with Crippen molar-refractivity contribution in [2.45, 2.75) is 13.3 Å². The van der Waals surface area contributed by atoms with E-state index < -0.39 is 10.1 Å². The second-order valence-electron chi connectivity index (χ2n) is 3.62. The van der Waals surface area contributed by atoms with Crippen molar-refractivity contribution in [1.82, 2.24) is 0 Å². The fourth-order valence-corrected chi connectivity index (χ4v) is 2.03. The summed E-state index contributed by atoms with van der Waals surface area (Å²) >= 11 is 0. The number of benzene rings is 1. The normalized spacial score (nSPS) is 11.7. The number of oxime groups is 1. The molecule has 7 heteroatoms. The molecule has 0 spiro atoms. The number of nitriles is 1. The van der Waals surface area contributed by atoms with Crippen LogP contribution in [0.25, 0.3) is 0 Å². The lowest BCUT2D eigenvalue weighted by Gasteiger charge is -2.02. The van der Waals surface area contributed by atoms with Crippen molar-refractivity contribution in [3.8, 4) is 11.8 Å². The van der Waals surface area contributed by atoms with Crippen molar-refractivity contribution >= 4 is 15.8 Å². The zero-order valence-corrected chi connectivity index (χ0v) is 11.5. The monoisotopic (exact) mass is 282 g/mol. The Labute approximate surface area is 112 Å². The second kappa shape index (κ2) is 6.75. The van der Waals surface area contributed by atoms with Gasteiger partial charge in [-0.3, -0.25) is 4.28 Å². The third-order valence-electron chi connectivity index (χ3n) is 2.17. The van der Waals surface area contributed by atoms with Gasteiger partial charge in [0.25, 0.3) is 0 Å². The molecule has 0 atom stereocenters. The molecule has 1 aromatic rings. The number of methoxy groups -OCH3 is 1. The zero-order valence-electron chi connectivity index (χ0n) is 10.7. The smallest absolute Gasteiger partial charge is 0.328 e. The first-order chi connectivity index (χ1) is 9.02. The number of nitrogens with zero attached hydrogens (tertiary/aromatic N) is 2. The Balaban J connectivity index is 2.91. The summed E-state index contributed by atoms with van der Waals surface area (Å²) in [6.07, 6.45) is 0.419. The van der Waals surface area contributed by atoms with Gasteiger partial charge in [0.2, 0.25) is 0 Å². The first-order valence-corrected chi connectivity index (χ1v) is 7.14. The number of rotatable bonds is 6. The van der Waals surface area contributed by atoms with Crippen molar-refractivity contribution in [3.63, 3.8) is 0 Å². The third kappa shape index (κ3) is 4.60. The molecule has 6 nitrogen and oxygen atoms in total. The van der Waals surface area contributed by atoms with Crippen LogP contribution in [0.2, 0.25) is 0 Å².